The zero-order valence-corrected chi connectivity index (χ0v) is 30.6. The minimum absolute atomic E-state index is 0.0400. The second-order valence-corrected chi connectivity index (χ2v) is 14.5. The first-order chi connectivity index (χ1) is 26.4. The minimum Gasteiger partial charge on any atom is -0.465 e. The van der Waals surface area contributed by atoms with E-state index in [1.165, 1.54) is 0 Å². The van der Waals surface area contributed by atoms with Crippen LogP contribution in [0.3, 0.4) is 0 Å². The molecule has 20 heteroatoms. The average Bonchev–Trinajstić information content (AvgIpc) is 3.09. The lowest BCUT2D eigenvalue weighted by molar-refractivity contribution is -0.166. The lowest BCUT2D eigenvalue weighted by Crippen LogP contribution is -2.55. The molecule has 0 aliphatic heterocycles. The van der Waals surface area contributed by atoms with Crippen LogP contribution in [-0.2, 0) is 34.2 Å². The Bertz CT molecular complexity index is 1560. The molecule has 2 aromatic carbocycles. The van der Waals surface area contributed by atoms with Crippen LogP contribution >= 0.6 is 0 Å². The first kappa shape index (κ1) is 45.3. The molecule has 318 valence electrons. The Morgan fingerprint density at radius 3 is 1.33 bits per heavy atom. The van der Waals surface area contributed by atoms with Crippen LogP contribution < -0.4 is 21.3 Å². The molecule has 4 rings (SSSR count). The summed E-state index contributed by atoms with van der Waals surface area (Å²) in [4.78, 5) is 39.5. The fourth-order valence-corrected chi connectivity index (χ4v) is 7.45. The third-order valence-electron chi connectivity index (χ3n) is 10.3. The molecule has 2 saturated carbocycles. The number of carbonyl (C=O) groups is 3. The van der Waals surface area contributed by atoms with Gasteiger partial charge in [-0.1, -0.05) is 39.0 Å². The Kier molecular flexibility index (Phi) is 14.3. The van der Waals surface area contributed by atoms with E-state index in [0.717, 1.165) is 32.1 Å². The van der Waals surface area contributed by atoms with Crippen LogP contribution in [0.2, 0.25) is 0 Å². The van der Waals surface area contributed by atoms with Gasteiger partial charge in [-0.05, 0) is 87.3 Å². The Morgan fingerprint density at radius 2 is 0.965 bits per heavy atom. The number of halogens is 12. The van der Waals surface area contributed by atoms with Crippen molar-refractivity contribution in [3.05, 3.63) is 58.7 Å². The zero-order valence-electron chi connectivity index (χ0n) is 30.6. The summed E-state index contributed by atoms with van der Waals surface area (Å²) in [6.45, 7) is 2.19. The third kappa shape index (κ3) is 12.5. The highest BCUT2D eigenvalue weighted by molar-refractivity contribution is 5.90. The highest BCUT2D eigenvalue weighted by atomic mass is 19.4. The van der Waals surface area contributed by atoms with E-state index in [1.807, 2.05) is 10.6 Å². The first-order valence-corrected chi connectivity index (χ1v) is 18.3. The number of urea groups is 2. The SMILES string of the molecule is CCCCCCCCOC(=O)C12CC[C@@H](NC(=O)Nc3cc(C(F)(F)F)cc(C(F)(F)F)c3)CC1C[C@@H](NC(=O)Nc1cc(C(F)(F)F)cc(C(F)(F)F)c1)CC2. The van der Waals surface area contributed by atoms with E-state index in [-0.39, 0.29) is 57.3 Å². The fraction of sp³-hybridized carbons (Fsp3) is 0.595. The molecule has 0 aromatic heterocycles. The standard InChI is InChI=1S/C37H42F12N4O4/c1-2-3-4-5-6-7-12-57-30(54)33-10-8-26(50-31(55)52-28-17-22(34(38,39)40)13-23(18-28)35(41,42)43)15-21(33)16-27(9-11-33)51-32(56)53-29-19-24(36(44,45)46)14-25(20-29)37(47,48)49/h13-14,17-21,26-27H,2-12,15-16H2,1H3,(H2,50,52,55)(H2,51,53,56)/t21?,26-,27+,33?. The highest BCUT2D eigenvalue weighted by Crippen LogP contribution is 2.51. The van der Waals surface area contributed by atoms with Crippen LogP contribution in [0.25, 0.3) is 0 Å². The van der Waals surface area contributed by atoms with Gasteiger partial charge >= 0.3 is 42.7 Å². The van der Waals surface area contributed by atoms with Gasteiger partial charge < -0.3 is 26.0 Å². The summed E-state index contributed by atoms with van der Waals surface area (Å²) < 4.78 is 166. The molecular formula is C37H42F12N4O4. The number of nitrogens with one attached hydrogen (secondary N) is 4. The maximum atomic E-state index is 13.7. The molecule has 2 unspecified atom stereocenters. The number of carbonyl (C=O) groups excluding carboxylic acids is 3. The largest absolute Gasteiger partial charge is 0.465 e. The molecule has 0 spiro atoms. The number of esters is 1. The van der Waals surface area contributed by atoms with Crippen LogP contribution in [0.4, 0.5) is 73.6 Å². The van der Waals surface area contributed by atoms with E-state index >= 15 is 0 Å². The topological polar surface area (TPSA) is 109 Å². The molecule has 2 aliphatic carbocycles. The van der Waals surface area contributed by atoms with Gasteiger partial charge in [0.15, 0.2) is 0 Å². The van der Waals surface area contributed by atoms with E-state index < -0.39 is 99.8 Å². The van der Waals surface area contributed by atoms with Gasteiger partial charge in [-0.25, -0.2) is 9.59 Å². The molecule has 8 nitrogen and oxygen atoms in total. The predicted octanol–water partition coefficient (Wildman–Crippen LogP) is 11.3. The van der Waals surface area contributed by atoms with Crippen LogP contribution in [0, 0.1) is 11.3 Å². The van der Waals surface area contributed by atoms with Crippen molar-refractivity contribution < 1.29 is 71.8 Å². The van der Waals surface area contributed by atoms with Gasteiger partial charge in [-0.2, -0.15) is 52.7 Å². The molecule has 0 heterocycles. The molecule has 2 aromatic rings. The smallest absolute Gasteiger partial charge is 0.416 e. The number of hydrogen-bond acceptors (Lipinski definition) is 4. The van der Waals surface area contributed by atoms with E-state index in [9.17, 15) is 67.1 Å². The number of fused-ring (bicyclic) bond motifs is 1. The van der Waals surface area contributed by atoms with Crippen molar-refractivity contribution in [1.82, 2.24) is 10.6 Å². The van der Waals surface area contributed by atoms with Crippen molar-refractivity contribution in [2.75, 3.05) is 17.2 Å². The van der Waals surface area contributed by atoms with Crippen molar-refractivity contribution in [3.8, 4) is 0 Å². The number of ether oxygens (including phenoxy) is 1. The van der Waals surface area contributed by atoms with Crippen molar-refractivity contribution in [2.24, 2.45) is 11.3 Å². The van der Waals surface area contributed by atoms with Crippen LogP contribution in [0.5, 0.6) is 0 Å². The molecule has 2 fully saturated rings. The highest BCUT2D eigenvalue weighted by Gasteiger charge is 2.53. The number of hydrogen-bond donors (Lipinski definition) is 4. The van der Waals surface area contributed by atoms with E-state index in [1.54, 1.807) is 0 Å². The molecular weight excluding hydrogens is 792 g/mol. The van der Waals surface area contributed by atoms with Gasteiger partial charge in [0.05, 0.1) is 34.3 Å². The fourth-order valence-electron chi connectivity index (χ4n) is 7.45. The monoisotopic (exact) mass is 834 g/mol. The van der Waals surface area contributed by atoms with Gasteiger partial charge in [-0.15, -0.1) is 0 Å². The minimum atomic E-state index is -5.16. The summed E-state index contributed by atoms with van der Waals surface area (Å²) in [5.74, 6) is -1.16. The van der Waals surface area contributed by atoms with Crippen molar-refractivity contribution in [2.45, 2.75) is 121 Å². The zero-order chi connectivity index (χ0) is 42.4. The first-order valence-electron chi connectivity index (χ1n) is 18.3. The summed E-state index contributed by atoms with van der Waals surface area (Å²) in [5, 5.41) is 9.06. The van der Waals surface area contributed by atoms with E-state index in [4.69, 9.17) is 4.74 Å². The molecule has 4 atom stereocenters. The van der Waals surface area contributed by atoms with Crippen molar-refractivity contribution in [3.63, 3.8) is 0 Å². The predicted molar refractivity (Wildman–Crippen MR) is 183 cm³/mol. The summed E-state index contributed by atoms with van der Waals surface area (Å²) in [5.41, 5.74) is -9.26. The van der Waals surface area contributed by atoms with Crippen molar-refractivity contribution in [1.29, 1.82) is 0 Å². The summed E-state index contributed by atoms with van der Waals surface area (Å²) >= 11 is 0. The van der Waals surface area contributed by atoms with E-state index in [2.05, 4.69) is 17.6 Å². The number of unbranched alkanes of at least 4 members (excludes halogenated alkanes) is 5. The number of anilines is 2. The summed E-state index contributed by atoms with van der Waals surface area (Å²) in [7, 11) is 0. The van der Waals surface area contributed by atoms with Gasteiger partial charge in [0.1, 0.15) is 0 Å². The van der Waals surface area contributed by atoms with Gasteiger partial charge in [0.2, 0.25) is 0 Å². The maximum absolute atomic E-state index is 13.7. The van der Waals surface area contributed by atoms with E-state index in [0.29, 0.717) is 30.7 Å². The normalized spacial score (nSPS) is 21.6. The van der Waals surface area contributed by atoms with Gasteiger partial charge in [0.25, 0.3) is 0 Å². The van der Waals surface area contributed by atoms with Gasteiger partial charge in [0, 0.05) is 23.5 Å². The lowest BCUT2D eigenvalue weighted by Gasteiger charge is -2.49. The molecule has 57 heavy (non-hydrogen) atoms. The summed E-state index contributed by atoms with van der Waals surface area (Å²) in [6, 6.07) is -2.62. The number of amides is 4. The third-order valence-corrected chi connectivity index (χ3v) is 10.3. The second-order valence-electron chi connectivity index (χ2n) is 14.5. The molecule has 4 amide bonds. The average molecular weight is 835 g/mol. The second kappa shape index (κ2) is 18.0. The molecule has 4 N–H and O–H groups in total. The molecule has 2 aliphatic rings. The summed E-state index contributed by atoms with van der Waals surface area (Å²) in [6.07, 6.45) is -14.5. The van der Waals surface area contributed by atoms with Crippen LogP contribution in [0.1, 0.15) is 106 Å². The quantitative estimate of drug-likeness (QED) is 0.0970. The maximum Gasteiger partial charge on any atom is 0.416 e. The molecule has 0 saturated heterocycles. The van der Waals surface area contributed by atoms with Crippen LogP contribution in [0.15, 0.2) is 36.4 Å². The van der Waals surface area contributed by atoms with Gasteiger partial charge in [-0.3, -0.25) is 4.79 Å². The lowest BCUT2D eigenvalue weighted by atomic mass is 9.57. The molecule has 0 bridgehead atoms. The Labute approximate surface area is 319 Å². The van der Waals surface area contributed by atoms with Crippen LogP contribution in [-0.4, -0.2) is 36.7 Å². The van der Waals surface area contributed by atoms with Crippen molar-refractivity contribution >= 4 is 29.4 Å². The Hall–Kier alpha value is -4.39. The number of rotatable bonds is 12. The Balaban J connectivity index is 1.48. The Morgan fingerprint density at radius 1 is 0.596 bits per heavy atom. The molecule has 0 radical (unpaired) electrons. The number of benzene rings is 2. The number of alkyl halides is 12.